The topological polar surface area (TPSA) is 118 Å². The van der Waals surface area contributed by atoms with E-state index in [9.17, 15) is 15.0 Å². The first-order valence-corrected chi connectivity index (χ1v) is 5.26. The highest BCUT2D eigenvalue weighted by Crippen LogP contribution is 2.28. The van der Waals surface area contributed by atoms with E-state index in [1.54, 1.807) is 0 Å². The van der Waals surface area contributed by atoms with Gasteiger partial charge in [0.25, 0.3) is 0 Å². The Morgan fingerprint density at radius 1 is 1.56 bits per heavy atom. The van der Waals surface area contributed by atoms with E-state index in [1.165, 1.54) is 24.1 Å². The monoisotopic (exact) mass is 255 g/mol. The van der Waals surface area contributed by atoms with Gasteiger partial charge >= 0.3 is 5.97 Å². The molecular formula is C10H13N3O5. The minimum atomic E-state index is -1.15. The van der Waals surface area contributed by atoms with Gasteiger partial charge in [-0.15, -0.1) is 5.10 Å². The number of ether oxygens (including phenoxy) is 1. The Bertz CT molecular complexity index is 484. The summed E-state index contributed by atoms with van der Waals surface area (Å²) in [4.78, 5) is 11.2. The number of carbonyl (C=O) groups excluding carboxylic acids is 1. The van der Waals surface area contributed by atoms with Crippen molar-refractivity contribution in [3.8, 4) is 0 Å². The fraction of sp³-hybridized carbons (Fsp3) is 0.500. The zero-order chi connectivity index (χ0) is 13.3. The second-order valence-corrected chi connectivity index (χ2v) is 3.90. The molecule has 3 atom stereocenters. The maximum absolute atomic E-state index is 11.2. The number of nitrogens with zero attached hydrogens (tertiary/aromatic N) is 3. The van der Waals surface area contributed by atoms with Gasteiger partial charge in [0, 0.05) is 0 Å². The summed E-state index contributed by atoms with van der Waals surface area (Å²) in [5.74, 6) is -0.638. The molecule has 18 heavy (non-hydrogen) atoms. The molecule has 0 spiro atoms. The maximum Gasteiger partial charge on any atom is 0.360 e. The average Bonchev–Trinajstić information content (AvgIpc) is 2.96. The Kier molecular flexibility index (Phi) is 3.41. The molecule has 0 amide bonds. The number of aliphatic hydroxyl groups excluding tert-OH is 3. The fourth-order valence-corrected chi connectivity index (χ4v) is 1.82. The number of hydrogen-bond acceptors (Lipinski definition) is 7. The lowest BCUT2D eigenvalue weighted by molar-refractivity contribution is 0.0253. The zero-order valence-electron chi connectivity index (χ0n) is 9.59. The van der Waals surface area contributed by atoms with Gasteiger partial charge in [0.05, 0.1) is 19.9 Å². The molecule has 3 N–H and O–H groups in total. The highest BCUT2D eigenvalue weighted by Gasteiger charge is 2.36. The van der Waals surface area contributed by atoms with Crippen LogP contribution in [0.5, 0.6) is 0 Å². The van der Waals surface area contributed by atoms with Crippen LogP contribution in [0.3, 0.4) is 0 Å². The van der Waals surface area contributed by atoms with E-state index in [2.05, 4.69) is 15.0 Å². The number of hydrogen-bond donors (Lipinski definition) is 3. The van der Waals surface area contributed by atoms with Crippen LogP contribution in [-0.2, 0) is 4.74 Å². The first kappa shape index (κ1) is 12.7. The summed E-state index contributed by atoms with van der Waals surface area (Å²) in [6.45, 7) is -0.354. The first-order chi connectivity index (χ1) is 8.58. The Balaban J connectivity index is 2.25. The number of carbonyl (C=O) groups is 1. The lowest BCUT2D eigenvalue weighted by atomic mass is 10.1. The molecule has 1 aliphatic rings. The number of esters is 1. The van der Waals surface area contributed by atoms with Crippen molar-refractivity contribution < 1.29 is 24.9 Å². The predicted octanol–water partition coefficient (Wildman–Crippen LogP) is -1.74. The Morgan fingerprint density at radius 3 is 2.83 bits per heavy atom. The molecule has 98 valence electrons. The van der Waals surface area contributed by atoms with Crippen molar-refractivity contribution in [3.63, 3.8) is 0 Å². The van der Waals surface area contributed by atoms with Crippen LogP contribution in [0, 0.1) is 0 Å². The number of aromatic nitrogens is 3. The van der Waals surface area contributed by atoms with Gasteiger partial charge in [-0.25, -0.2) is 9.48 Å². The van der Waals surface area contributed by atoms with E-state index in [0.29, 0.717) is 5.57 Å². The molecule has 0 aliphatic heterocycles. The van der Waals surface area contributed by atoms with Crippen molar-refractivity contribution in [3.05, 3.63) is 23.5 Å². The summed E-state index contributed by atoms with van der Waals surface area (Å²) in [7, 11) is 1.22. The first-order valence-electron chi connectivity index (χ1n) is 5.26. The smallest absolute Gasteiger partial charge is 0.360 e. The highest BCUT2D eigenvalue weighted by molar-refractivity contribution is 5.86. The van der Waals surface area contributed by atoms with Gasteiger partial charge in [0.1, 0.15) is 18.2 Å². The van der Waals surface area contributed by atoms with E-state index >= 15 is 0 Å². The highest BCUT2D eigenvalue weighted by atomic mass is 16.5. The molecule has 0 saturated heterocycles. The Morgan fingerprint density at radius 2 is 2.28 bits per heavy atom. The van der Waals surface area contributed by atoms with Crippen molar-refractivity contribution in [2.45, 2.75) is 18.2 Å². The van der Waals surface area contributed by atoms with Gasteiger partial charge in [0.2, 0.25) is 0 Å². The largest absolute Gasteiger partial charge is 0.464 e. The summed E-state index contributed by atoms with van der Waals surface area (Å²) in [6.07, 6.45) is 0.513. The van der Waals surface area contributed by atoms with Crippen molar-refractivity contribution in [1.82, 2.24) is 15.0 Å². The van der Waals surface area contributed by atoms with Crippen molar-refractivity contribution >= 4 is 5.97 Å². The van der Waals surface area contributed by atoms with Crippen LogP contribution in [0.25, 0.3) is 0 Å². The Hall–Kier alpha value is -1.77. The molecule has 1 aliphatic carbocycles. The quantitative estimate of drug-likeness (QED) is 0.433. The van der Waals surface area contributed by atoms with Gasteiger partial charge in [-0.05, 0) is 5.57 Å². The molecule has 0 saturated carbocycles. The van der Waals surface area contributed by atoms with E-state index in [-0.39, 0.29) is 12.3 Å². The van der Waals surface area contributed by atoms with Crippen LogP contribution in [0.2, 0.25) is 0 Å². The summed E-state index contributed by atoms with van der Waals surface area (Å²) in [6, 6.07) is -0.673. The van der Waals surface area contributed by atoms with Crippen LogP contribution < -0.4 is 0 Å². The van der Waals surface area contributed by atoms with Crippen molar-refractivity contribution in [2.75, 3.05) is 13.7 Å². The summed E-state index contributed by atoms with van der Waals surface area (Å²) >= 11 is 0. The maximum atomic E-state index is 11.2. The molecule has 1 aromatic rings. The van der Waals surface area contributed by atoms with E-state index in [0.717, 1.165) is 0 Å². The second-order valence-electron chi connectivity index (χ2n) is 3.90. The lowest BCUT2D eigenvalue weighted by Crippen LogP contribution is -2.30. The average molecular weight is 255 g/mol. The van der Waals surface area contributed by atoms with Gasteiger partial charge < -0.3 is 20.1 Å². The minimum absolute atomic E-state index is 0.00467. The molecule has 0 radical (unpaired) electrons. The molecule has 0 fully saturated rings. The molecule has 2 rings (SSSR count). The summed E-state index contributed by atoms with van der Waals surface area (Å²) in [5.41, 5.74) is 0.313. The summed E-state index contributed by atoms with van der Waals surface area (Å²) in [5, 5.41) is 35.7. The molecule has 8 nitrogen and oxygen atoms in total. The van der Waals surface area contributed by atoms with Gasteiger partial charge in [-0.3, -0.25) is 0 Å². The molecule has 0 unspecified atom stereocenters. The second kappa shape index (κ2) is 4.84. The third-order valence-corrected chi connectivity index (χ3v) is 2.83. The van der Waals surface area contributed by atoms with Crippen LogP contribution in [0.1, 0.15) is 16.5 Å². The van der Waals surface area contributed by atoms with Crippen LogP contribution in [0.15, 0.2) is 17.8 Å². The number of rotatable bonds is 3. The molecule has 8 heteroatoms. The molecule has 1 aromatic heterocycles. The van der Waals surface area contributed by atoms with E-state index in [1.807, 2.05) is 0 Å². The van der Waals surface area contributed by atoms with Gasteiger partial charge in [0.15, 0.2) is 5.69 Å². The number of methoxy groups -OCH3 is 1. The van der Waals surface area contributed by atoms with E-state index in [4.69, 9.17) is 5.11 Å². The van der Waals surface area contributed by atoms with E-state index < -0.39 is 24.2 Å². The van der Waals surface area contributed by atoms with Crippen LogP contribution >= 0.6 is 0 Å². The predicted molar refractivity (Wildman–Crippen MR) is 57.6 cm³/mol. The van der Waals surface area contributed by atoms with Crippen LogP contribution in [0.4, 0.5) is 0 Å². The lowest BCUT2D eigenvalue weighted by Gasteiger charge is -2.16. The number of aliphatic hydroxyl groups is 3. The molecule has 1 heterocycles. The van der Waals surface area contributed by atoms with Crippen molar-refractivity contribution in [2.24, 2.45) is 0 Å². The van der Waals surface area contributed by atoms with Crippen molar-refractivity contribution in [1.29, 1.82) is 0 Å². The molecule has 0 aromatic carbocycles. The minimum Gasteiger partial charge on any atom is -0.464 e. The van der Waals surface area contributed by atoms with Gasteiger partial charge in [-0.2, -0.15) is 0 Å². The fourth-order valence-electron chi connectivity index (χ4n) is 1.82. The third-order valence-electron chi connectivity index (χ3n) is 2.83. The summed E-state index contributed by atoms with van der Waals surface area (Å²) < 4.78 is 5.72. The SMILES string of the molecule is COC(=O)c1cn([C@@H]2C=C(CO)[C@@H](O)[C@H]2O)nn1. The van der Waals surface area contributed by atoms with Gasteiger partial charge in [-0.1, -0.05) is 11.3 Å². The van der Waals surface area contributed by atoms with Crippen LogP contribution in [-0.4, -0.2) is 62.2 Å². The molecule has 0 bridgehead atoms. The standard InChI is InChI=1S/C10H13N3O5/c1-18-10(17)6-3-13(12-11-6)7-2-5(4-14)8(15)9(7)16/h2-3,7-9,14-16H,4H2,1H3/t7-,8-,9+/m1/s1. The zero-order valence-corrected chi connectivity index (χ0v) is 9.59. The normalized spacial score (nSPS) is 27.1. The molecular weight excluding hydrogens is 242 g/mol. The Labute approximate surface area is 102 Å². The third kappa shape index (κ3) is 2.01.